The molecule has 0 rings (SSSR count). The molecule has 0 aliphatic heterocycles. The normalized spacial score (nSPS) is 11.5. The summed E-state index contributed by atoms with van der Waals surface area (Å²) in [4.78, 5) is 9.93. The van der Waals surface area contributed by atoms with Gasteiger partial charge in [-0.3, -0.25) is 4.79 Å². The Morgan fingerprint density at radius 2 is 2.25 bits per heavy atom. The van der Waals surface area contributed by atoms with Gasteiger partial charge in [0.05, 0.1) is 6.42 Å². The lowest BCUT2D eigenvalue weighted by Gasteiger charge is -1.89. The molecule has 0 amide bonds. The van der Waals surface area contributed by atoms with Gasteiger partial charge < -0.3 is 5.11 Å². The SMILES string of the molecule is CC=C(C)CC(=O)O. The Balaban J connectivity index is 3.56. The first-order valence-corrected chi connectivity index (χ1v) is 2.50. The van der Waals surface area contributed by atoms with E-state index in [0.717, 1.165) is 5.57 Å². The number of carboxylic acid groups (broad SMARTS) is 1. The van der Waals surface area contributed by atoms with Crippen LogP contribution in [-0.2, 0) is 4.79 Å². The van der Waals surface area contributed by atoms with E-state index in [-0.39, 0.29) is 6.42 Å². The molecule has 2 nitrogen and oxygen atoms in total. The second kappa shape index (κ2) is 3.24. The third kappa shape index (κ3) is 3.40. The van der Waals surface area contributed by atoms with Gasteiger partial charge in [0.2, 0.25) is 0 Å². The first-order chi connectivity index (χ1) is 3.66. The molecule has 0 atom stereocenters. The zero-order valence-corrected chi connectivity index (χ0v) is 5.14. The van der Waals surface area contributed by atoms with Crippen LogP contribution >= 0.6 is 0 Å². The highest BCUT2D eigenvalue weighted by molar-refractivity contribution is 5.69. The van der Waals surface area contributed by atoms with E-state index in [1.54, 1.807) is 13.0 Å². The number of hydrogen-bond acceptors (Lipinski definition) is 1. The Bertz CT molecular complexity index is 114. The molecule has 0 aliphatic rings. The minimum Gasteiger partial charge on any atom is -0.481 e. The molecule has 0 aromatic heterocycles. The lowest BCUT2D eigenvalue weighted by atomic mass is 10.2. The highest BCUT2D eigenvalue weighted by atomic mass is 16.4. The van der Waals surface area contributed by atoms with E-state index >= 15 is 0 Å². The Kier molecular flexibility index (Phi) is 2.92. The molecule has 0 fully saturated rings. The molecule has 0 spiro atoms. The summed E-state index contributed by atoms with van der Waals surface area (Å²) in [5.41, 5.74) is 0.900. The Labute approximate surface area is 48.8 Å². The lowest BCUT2D eigenvalue weighted by Crippen LogP contribution is -1.93. The second-order valence-electron chi connectivity index (χ2n) is 1.71. The zero-order valence-electron chi connectivity index (χ0n) is 5.14. The highest BCUT2D eigenvalue weighted by Crippen LogP contribution is 1.96. The van der Waals surface area contributed by atoms with E-state index in [0.29, 0.717) is 0 Å². The summed E-state index contributed by atoms with van der Waals surface area (Å²) in [6, 6.07) is 0. The molecular weight excluding hydrogens is 104 g/mol. The maximum absolute atomic E-state index is 9.93. The summed E-state index contributed by atoms with van der Waals surface area (Å²) < 4.78 is 0. The van der Waals surface area contributed by atoms with Crippen LogP contribution in [0.5, 0.6) is 0 Å². The second-order valence-corrected chi connectivity index (χ2v) is 1.71. The summed E-state index contributed by atoms with van der Waals surface area (Å²) in [6.45, 7) is 3.63. The van der Waals surface area contributed by atoms with Crippen molar-refractivity contribution in [2.24, 2.45) is 0 Å². The van der Waals surface area contributed by atoms with Gasteiger partial charge in [0.1, 0.15) is 0 Å². The number of hydrogen-bond donors (Lipinski definition) is 1. The van der Waals surface area contributed by atoms with E-state index in [9.17, 15) is 4.79 Å². The van der Waals surface area contributed by atoms with Crippen molar-refractivity contribution in [2.45, 2.75) is 20.3 Å². The van der Waals surface area contributed by atoms with Crippen LogP contribution in [0.1, 0.15) is 20.3 Å². The van der Waals surface area contributed by atoms with Gasteiger partial charge in [-0.1, -0.05) is 11.6 Å². The highest BCUT2D eigenvalue weighted by Gasteiger charge is 1.94. The first-order valence-electron chi connectivity index (χ1n) is 2.50. The molecule has 0 aromatic rings. The average molecular weight is 114 g/mol. The Hall–Kier alpha value is -0.790. The molecule has 46 valence electrons. The van der Waals surface area contributed by atoms with Gasteiger partial charge in [-0.2, -0.15) is 0 Å². The topological polar surface area (TPSA) is 37.3 Å². The van der Waals surface area contributed by atoms with Gasteiger partial charge in [0, 0.05) is 0 Å². The minimum atomic E-state index is -0.763. The fraction of sp³-hybridized carbons (Fsp3) is 0.500. The third-order valence-corrected chi connectivity index (χ3v) is 0.923. The van der Waals surface area contributed by atoms with Crippen molar-refractivity contribution in [3.8, 4) is 0 Å². The largest absolute Gasteiger partial charge is 0.481 e. The predicted molar refractivity (Wildman–Crippen MR) is 31.7 cm³/mol. The van der Waals surface area contributed by atoms with Crippen molar-refractivity contribution in [3.63, 3.8) is 0 Å². The monoisotopic (exact) mass is 114 g/mol. The Morgan fingerprint density at radius 3 is 2.38 bits per heavy atom. The van der Waals surface area contributed by atoms with Gasteiger partial charge in [-0.05, 0) is 13.8 Å². The molecule has 0 saturated heterocycles. The van der Waals surface area contributed by atoms with Gasteiger partial charge in [-0.25, -0.2) is 0 Å². The molecule has 0 aliphatic carbocycles. The van der Waals surface area contributed by atoms with Crippen molar-refractivity contribution in [1.29, 1.82) is 0 Å². The first kappa shape index (κ1) is 7.21. The lowest BCUT2D eigenvalue weighted by molar-refractivity contribution is -0.136. The van der Waals surface area contributed by atoms with E-state index in [4.69, 9.17) is 5.11 Å². The van der Waals surface area contributed by atoms with Gasteiger partial charge in [0.25, 0.3) is 0 Å². The average Bonchev–Trinajstić information content (AvgIpc) is 1.65. The molecule has 0 saturated carbocycles. The molecular formula is C6H10O2. The van der Waals surface area contributed by atoms with Crippen LogP contribution in [0.2, 0.25) is 0 Å². The number of rotatable bonds is 2. The quantitative estimate of drug-likeness (QED) is 0.551. The molecule has 8 heavy (non-hydrogen) atoms. The van der Waals surface area contributed by atoms with Crippen LogP contribution in [0, 0.1) is 0 Å². The summed E-state index contributed by atoms with van der Waals surface area (Å²) in [5, 5.41) is 8.17. The summed E-state index contributed by atoms with van der Waals surface area (Å²) in [5.74, 6) is -0.763. The molecule has 0 radical (unpaired) electrons. The molecule has 0 unspecified atom stereocenters. The van der Waals surface area contributed by atoms with Crippen LogP contribution < -0.4 is 0 Å². The number of aliphatic carboxylic acids is 1. The summed E-state index contributed by atoms with van der Waals surface area (Å²) in [7, 11) is 0. The molecule has 0 bridgehead atoms. The van der Waals surface area contributed by atoms with Crippen molar-refractivity contribution >= 4 is 5.97 Å². The molecule has 1 N–H and O–H groups in total. The number of allylic oxidation sites excluding steroid dienone is 1. The maximum atomic E-state index is 9.93. The van der Waals surface area contributed by atoms with Crippen molar-refractivity contribution < 1.29 is 9.90 Å². The van der Waals surface area contributed by atoms with E-state index in [2.05, 4.69) is 0 Å². The van der Waals surface area contributed by atoms with Gasteiger partial charge in [0.15, 0.2) is 0 Å². The number of carboxylic acids is 1. The standard InChI is InChI=1S/C6H10O2/c1-3-5(2)4-6(7)8/h3H,4H2,1-2H3,(H,7,8). The van der Waals surface area contributed by atoms with Crippen molar-refractivity contribution in [2.75, 3.05) is 0 Å². The summed E-state index contributed by atoms with van der Waals surface area (Å²) >= 11 is 0. The van der Waals surface area contributed by atoms with Gasteiger partial charge in [-0.15, -0.1) is 0 Å². The third-order valence-electron chi connectivity index (χ3n) is 0.923. The van der Waals surface area contributed by atoms with Crippen LogP contribution in [0.4, 0.5) is 0 Å². The number of carbonyl (C=O) groups is 1. The smallest absolute Gasteiger partial charge is 0.307 e. The Morgan fingerprint density at radius 1 is 1.75 bits per heavy atom. The van der Waals surface area contributed by atoms with Crippen LogP contribution in [-0.4, -0.2) is 11.1 Å². The maximum Gasteiger partial charge on any atom is 0.307 e. The van der Waals surface area contributed by atoms with Crippen LogP contribution in [0.15, 0.2) is 11.6 Å². The van der Waals surface area contributed by atoms with E-state index in [1.807, 2.05) is 6.92 Å². The van der Waals surface area contributed by atoms with Crippen LogP contribution in [0.25, 0.3) is 0 Å². The van der Waals surface area contributed by atoms with Gasteiger partial charge >= 0.3 is 5.97 Å². The fourth-order valence-electron chi connectivity index (χ4n) is 0.341. The summed E-state index contributed by atoms with van der Waals surface area (Å²) in [6.07, 6.45) is 1.96. The van der Waals surface area contributed by atoms with Crippen LogP contribution in [0.3, 0.4) is 0 Å². The van der Waals surface area contributed by atoms with Crippen molar-refractivity contribution in [3.05, 3.63) is 11.6 Å². The minimum absolute atomic E-state index is 0.163. The zero-order chi connectivity index (χ0) is 6.57. The van der Waals surface area contributed by atoms with E-state index in [1.165, 1.54) is 0 Å². The molecule has 2 heteroatoms. The predicted octanol–water partition coefficient (Wildman–Crippen LogP) is 1.43. The fourth-order valence-corrected chi connectivity index (χ4v) is 0.341. The molecule has 0 heterocycles. The molecule has 0 aromatic carbocycles. The van der Waals surface area contributed by atoms with Crippen molar-refractivity contribution in [1.82, 2.24) is 0 Å². The van der Waals surface area contributed by atoms with E-state index < -0.39 is 5.97 Å².